The Bertz CT molecular complexity index is 459. The first-order valence-electron chi connectivity index (χ1n) is 6.51. The van der Waals surface area contributed by atoms with Crippen LogP contribution in [0.1, 0.15) is 26.5 Å². The molecule has 0 aliphatic rings. The van der Waals surface area contributed by atoms with Crippen LogP contribution in [0, 0.1) is 12.8 Å². The minimum Gasteiger partial charge on any atom is -0.360 e. The lowest BCUT2D eigenvalue weighted by Crippen LogP contribution is -2.30. The third kappa shape index (κ3) is 6.10. The van der Waals surface area contributed by atoms with Gasteiger partial charge in [-0.1, -0.05) is 19.0 Å². The number of rotatable bonds is 7. The molecule has 0 fully saturated rings. The van der Waals surface area contributed by atoms with Crippen LogP contribution in [0.4, 0.5) is 5.82 Å². The summed E-state index contributed by atoms with van der Waals surface area (Å²) in [5, 5.41) is 8.80. The van der Waals surface area contributed by atoms with Crippen molar-refractivity contribution in [3.63, 3.8) is 0 Å². The minimum atomic E-state index is -0.336. The Morgan fingerprint density at radius 2 is 2.10 bits per heavy atom. The average Bonchev–Trinajstić information content (AvgIpc) is 2.78. The maximum atomic E-state index is 11.9. The predicted molar refractivity (Wildman–Crippen MR) is 79.6 cm³/mol. The Morgan fingerprint density at radius 3 is 2.65 bits per heavy atom. The van der Waals surface area contributed by atoms with E-state index in [1.807, 2.05) is 13.8 Å². The first-order chi connectivity index (χ1) is 9.38. The molecule has 0 aliphatic carbocycles. The van der Waals surface area contributed by atoms with Crippen molar-refractivity contribution < 1.29 is 14.1 Å². The molecule has 6 nitrogen and oxygen atoms in total. The third-order valence-electron chi connectivity index (χ3n) is 2.42. The number of hydrogen-bond acceptors (Lipinski definition) is 5. The molecule has 0 bridgehead atoms. The molecule has 1 unspecified atom stereocenters. The lowest BCUT2D eigenvalue weighted by molar-refractivity contribution is -0.118. The first-order valence-corrected chi connectivity index (χ1v) is 7.56. The minimum absolute atomic E-state index is 0.0550. The highest BCUT2D eigenvalue weighted by atomic mass is 32.2. The first kappa shape index (κ1) is 16.6. The number of thioether (sulfide) groups is 1. The highest BCUT2D eigenvalue weighted by Gasteiger charge is 2.16. The molecule has 7 heteroatoms. The van der Waals surface area contributed by atoms with Crippen LogP contribution in [0.25, 0.3) is 0 Å². The molecule has 0 saturated heterocycles. The van der Waals surface area contributed by atoms with E-state index in [4.69, 9.17) is 4.52 Å². The van der Waals surface area contributed by atoms with Gasteiger partial charge in [-0.05, 0) is 19.8 Å². The molecule has 0 spiro atoms. The molecule has 2 amide bonds. The van der Waals surface area contributed by atoms with E-state index in [2.05, 4.69) is 15.8 Å². The van der Waals surface area contributed by atoms with Crippen molar-refractivity contribution in [3.05, 3.63) is 11.8 Å². The molecule has 2 N–H and O–H groups in total. The second kappa shape index (κ2) is 7.94. The zero-order valence-electron chi connectivity index (χ0n) is 12.2. The summed E-state index contributed by atoms with van der Waals surface area (Å²) in [6, 6.07) is 1.64. The van der Waals surface area contributed by atoms with Crippen LogP contribution in [0.5, 0.6) is 0 Å². The number of carbonyl (C=O) groups is 2. The van der Waals surface area contributed by atoms with Crippen molar-refractivity contribution >= 4 is 29.4 Å². The zero-order valence-corrected chi connectivity index (χ0v) is 13.0. The molecule has 1 rings (SSSR count). The number of nitrogens with one attached hydrogen (secondary N) is 2. The van der Waals surface area contributed by atoms with Crippen LogP contribution >= 0.6 is 11.8 Å². The summed E-state index contributed by atoms with van der Waals surface area (Å²) >= 11 is 1.29. The molecule has 1 heterocycles. The molecule has 0 saturated carbocycles. The van der Waals surface area contributed by atoms with Crippen LogP contribution in [0.2, 0.25) is 0 Å². The molecule has 112 valence electrons. The van der Waals surface area contributed by atoms with E-state index in [0.717, 1.165) is 0 Å². The summed E-state index contributed by atoms with van der Waals surface area (Å²) in [5.41, 5.74) is 0. The van der Waals surface area contributed by atoms with E-state index in [1.165, 1.54) is 11.8 Å². The Balaban J connectivity index is 2.29. The van der Waals surface area contributed by atoms with Crippen molar-refractivity contribution in [2.24, 2.45) is 5.92 Å². The number of amides is 2. The van der Waals surface area contributed by atoms with Gasteiger partial charge in [0, 0.05) is 12.6 Å². The number of aromatic nitrogens is 1. The molecule has 0 aromatic carbocycles. The number of aryl methyl sites for hydroxylation is 1. The number of anilines is 1. The van der Waals surface area contributed by atoms with Crippen molar-refractivity contribution in [2.45, 2.75) is 32.9 Å². The highest BCUT2D eigenvalue weighted by molar-refractivity contribution is 8.01. The Labute approximate surface area is 123 Å². The number of hydrogen-bond donors (Lipinski definition) is 2. The average molecular weight is 299 g/mol. The van der Waals surface area contributed by atoms with Gasteiger partial charge in [0.15, 0.2) is 5.82 Å². The molecule has 20 heavy (non-hydrogen) atoms. The SMILES string of the molecule is Cc1cc(NC(=O)C(C)SCC(=O)NCC(C)C)no1. The standard InChI is InChI=1S/C13H21N3O3S/c1-8(2)6-14-12(17)7-20-10(4)13(18)15-11-5-9(3)19-16-11/h5,8,10H,6-7H2,1-4H3,(H,14,17)(H,15,16,18). The van der Waals surface area contributed by atoms with E-state index in [-0.39, 0.29) is 22.8 Å². The summed E-state index contributed by atoms with van der Waals surface area (Å²) in [7, 11) is 0. The third-order valence-corrected chi connectivity index (χ3v) is 3.56. The van der Waals surface area contributed by atoms with Gasteiger partial charge in [0.05, 0.1) is 11.0 Å². The largest absolute Gasteiger partial charge is 0.360 e. The topological polar surface area (TPSA) is 84.2 Å². The van der Waals surface area contributed by atoms with Gasteiger partial charge in [0.25, 0.3) is 0 Å². The number of nitrogens with zero attached hydrogens (tertiary/aromatic N) is 1. The maximum Gasteiger partial charge on any atom is 0.238 e. The second-order valence-corrected chi connectivity index (χ2v) is 6.29. The quantitative estimate of drug-likeness (QED) is 0.802. The molecule has 0 aliphatic heterocycles. The summed E-state index contributed by atoms with van der Waals surface area (Å²) < 4.78 is 4.86. The van der Waals surface area contributed by atoms with Crippen molar-refractivity contribution in [2.75, 3.05) is 17.6 Å². The van der Waals surface area contributed by atoms with E-state index in [0.29, 0.717) is 24.0 Å². The van der Waals surface area contributed by atoms with Crippen molar-refractivity contribution in [1.82, 2.24) is 10.5 Å². The fourth-order valence-corrected chi connectivity index (χ4v) is 2.01. The van der Waals surface area contributed by atoms with Gasteiger partial charge >= 0.3 is 0 Å². The summed E-state index contributed by atoms with van der Waals surface area (Å²) in [4.78, 5) is 23.4. The van der Waals surface area contributed by atoms with Gasteiger partial charge in [0.2, 0.25) is 11.8 Å². The van der Waals surface area contributed by atoms with Gasteiger partial charge in [0.1, 0.15) is 5.76 Å². The van der Waals surface area contributed by atoms with Crippen LogP contribution in [-0.2, 0) is 9.59 Å². The Morgan fingerprint density at radius 1 is 1.40 bits per heavy atom. The van der Waals surface area contributed by atoms with Gasteiger partial charge in [-0.15, -0.1) is 11.8 Å². The monoisotopic (exact) mass is 299 g/mol. The second-order valence-electron chi connectivity index (χ2n) is 4.96. The van der Waals surface area contributed by atoms with Crippen LogP contribution < -0.4 is 10.6 Å². The molecule has 1 aromatic heterocycles. The molecular formula is C13H21N3O3S. The molecular weight excluding hydrogens is 278 g/mol. The van der Waals surface area contributed by atoms with Crippen LogP contribution in [0.15, 0.2) is 10.6 Å². The Kier molecular flexibility index (Phi) is 6.57. The van der Waals surface area contributed by atoms with Crippen molar-refractivity contribution in [3.8, 4) is 0 Å². The van der Waals surface area contributed by atoms with Crippen molar-refractivity contribution in [1.29, 1.82) is 0 Å². The molecule has 1 aromatic rings. The van der Waals surface area contributed by atoms with E-state index in [1.54, 1.807) is 19.9 Å². The molecule has 1 atom stereocenters. The van der Waals surface area contributed by atoms with Gasteiger partial charge in [-0.3, -0.25) is 9.59 Å². The number of carbonyl (C=O) groups excluding carboxylic acids is 2. The summed E-state index contributed by atoms with van der Waals surface area (Å²) in [5.74, 6) is 1.46. The smallest absolute Gasteiger partial charge is 0.238 e. The summed E-state index contributed by atoms with van der Waals surface area (Å²) in [6.07, 6.45) is 0. The van der Waals surface area contributed by atoms with E-state index >= 15 is 0 Å². The zero-order chi connectivity index (χ0) is 15.1. The van der Waals surface area contributed by atoms with Gasteiger partial charge in [-0.25, -0.2) is 0 Å². The van der Waals surface area contributed by atoms with E-state index < -0.39 is 0 Å². The summed E-state index contributed by atoms with van der Waals surface area (Å²) in [6.45, 7) is 8.22. The Hall–Kier alpha value is -1.50. The van der Waals surface area contributed by atoms with Gasteiger partial charge in [-0.2, -0.15) is 0 Å². The van der Waals surface area contributed by atoms with E-state index in [9.17, 15) is 9.59 Å². The molecule has 0 radical (unpaired) electrons. The highest BCUT2D eigenvalue weighted by Crippen LogP contribution is 2.14. The van der Waals surface area contributed by atoms with Gasteiger partial charge < -0.3 is 15.2 Å². The normalized spacial score (nSPS) is 12.2. The van der Waals surface area contributed by atoms with Crippen LogP contribution in [0.3, 0.4) is 0 Å². The maximum absolute atomic E-state index is 11.9. The fraction of sp³-hybridized carbons (Fsp3) is 0.615. The lowest BCUT2D eigenvalue weighted by Gasteiger charge is -2.11. The predicted octanol–water partition coefficient (Wildman–Crippen LogP) is 1.82. The lowest BCUT2D eigenvalue weighted by atomic mass is 10.2. The fourth-order valence-electron chi connectivity index (χ4n) is 1.30. The van der Waals surface area contributed by atoms with Crippen LogP contribution in [-0.4, -0.2) is 34.5 Å².